The summed E-state index contributed by atoms with van der Waals surface area (Å²) in [5, 5.41) is 2.49. The van der Waals surface area contributed by atoms with Crippen LogP contribution in [0, 0.1) is 0 Å². The number of ether oxygens (including phenoxy) is 2. The number of amides is 1. The summed E-state index contributed by atoms with van der Waals surface area (Å²) in [4.78, 5) is 34.3. The molecule has 1 rings (SSSR count). The molecule has 0 saturated heterocycles. The maximum absolute atomic E-state index is 11.7. The summed E-state index contributed by atoms with van der Waals surface area (Å²) in [5.74, 6) is -1.78. The zero-order valence-electron chi connectivity index (χ0n) is 11.9. The Kier molecular flexibility index (Phi) is 6.67. The van der Waals surface area contributed by atoms with Crippen LogP contribution in [0.25, 0.3) is 0 Å². The summed E-state index contributed by atoms with van der Waals surface area (Å²) >= 11 is 0. The van der Waals surface area contributed by atoms with E-state index in [0.29, 0.717) is 6.42 Å². The lowest BCUT2D eigenvalue weighted by molar-refractivity contribution is -0.144. The minimum absolute atomic E-state index is 0.297. The van der Waals surface area contributed by atoms with E-state index in [-0.39, 0.29) is 0 Å². The fourth-order valence-corrected chi connectivity index (χ4v) is 1.62. The zero-order valence-corrected chi connectivity index (χ0v) is 11.9. The monoisotopic (exact) mass is 291 g/mol. The Bertz CT molecular complexity index is 524. The molecule has 21 heavy (non-hydrogen) atoms. The molecule has 6 nitrogen and oxygen atoms in total. The van der Waals surface area contributed by atoms with E-state index in [4.69, 9.17) is 0 Å². The van der Waals surface area contributed by atoms with Crippen molar-refractivity contribution in [2.24, 2.45) is 0 Å². The van der Waals surface area contributed by atoms with Gasteiger partial charge in [-0.25, -0.2) is 9.59 Å². The van der Waals surface area contributed by atoms with Gasteiger partial charge in [-0.1, -0.05) is 30.3 Å². The smallest absolute Gasteiger partial charge is 0.330 e. The summed E-state index contributed by atoms with van der Waals surface area (Å²) in [6.45, 7) is 0. The van der Waals surface area contributed by atoms with E-state index in [1.165, 1.54) is 14.2 Å². The molecule has 6 heteroatoms. The van der Waals surface area contributed by atoms with Crippen molar-refractivity contribution in [2.45, 2.75) is 12.5 Å². The van der Waals surface area contributed by atoms with Crippen LogP contribution >= 0.6 is 0 Å². The molecular formula is C15H17NO5. The third-order valence-corrected chi connectivity index (χ3v) is 2.66. The van der Waals surface area contributed by atoms with Gasteiger partial charge in [0.1, 0.15) is 6.04 Å². The maximum atomic E-state index is 11.7. The number of methoxy groups -OCH3 is 2. The first kappa shape index (κ1) is 16.4. The molecule has 0 fully saturated rings. The third-order valence-electron chi connectivity index (χ3n) is 2.66. The lowest BCUT2D eigenvalue weighted by Crippen LogP contribution is -2.42. The van der Waals surface area contributed by atoms with Gasteiger partial charge in [0.05, 0.1) is 14.2 Å². The number of carbonyl (C=O) groups is 3. The molecule has 112 valence electrons. The van der Waals surface area contributed by atoms with Gasteiger partial charge in [0.15, 0.2) is 0 Å². The first-order valence-electron chi connectivity index (χ1n) is 6.25. The third kappa shape index (κ3) is 5.90. The first-order chi connectivity index (χ1) is 10.1. The molecule has 0 saturated carbocycles. The van der Waals surface area contributed by atoms with E-state index in [0.717, 1.165) is 17.7 Å². The highest BCUT2D eigenvalue weighted by molar-refractivity contribution is 5.96. The highest BCUT2D eigenvalue weighted by Gasteiger charge is 2.21. The van der Waals surface area contributed by atoms with E-state index in [9.17, 15) is 14.4 Å². The SMILES string of the molecule is COC(=O)C=CC(=O)N[C@@H](Cc1ccccc1)C(=O)OC. The molecule has 0 aliphatic heterocycles. The van der Waals surface area contributed by atoms with E-state index in [2.05, 4.69) is 14.8 Å². The predicted octanol–water partition coefficient (Wildman–Crippen LogP) is 0.616. The molecule has 1 atom stereocenters. The molecule has 1 aromatic rings. The number of esters is 2. The molecule has 0 unspecified atom stereocenters. The van der Waals surface area contributed by atoms with Crippen molar-refractivity contribution in [1.82, 2.24) is 5.32 Å². The normalized spacial score (nSPS) is 11.7. The fourth-order valence-electron chi connectivity index (χ4n) is 1.62. The molecule has 1 amide bonds. The second kappa shape index (κ2) is 8.52. The molecule has 0 aliphatic rings. The van der Waals surface area contributed by atoms with Gasteiger partial charge in [-0.05, 0) is 5.56 Å². The molecule has 0 radical (unpaired) electrons. The topological polar surface area (TPSA) is 81.7 Å². The largest absolute Gasteiger partial charge is 0.467 e. The number of carbonyl (C=O) groups excluding carboxylic acids is 3. The summed E-state index contributed by atoms with van der Waals surface area (Å²) < 4.78 is 9.04. The van der Waals surface area contributed by atoms with Crippen molar-refractivity contribution in [2.75, 3.05) is 14.2 Å². The van der Waals surface area contributed by atoms with Crippen LogP contribution in [0.1, 0.15) is 5.56 Å². The Morgan fingerprint density at radius 2 is 1.76 bits per heavy atom. The molecule has 0 spiro atoms. The van der Waals surface area contributed by atoms with Gasteiger partial charge >= 0.3 is 11.9 Å². The molecule has 1 aromatic carbocycles. The van der Waals surface area contributed by atoms with Gasteiger partial charge in [-0.2, -0.15) is 0 Å². The standard InChI is InChI=1S/C15H17NO5/c1-20-14(18)9-8-13(17)16-12(15(19)21-2)10-11-6-4-3-5-7-11/h3-9,12H,10H2,1-2H3,(H,16,17)/t12-/m0/s1. The Morgan fingerprint density at radius 1 is 1.10 bits per heavy atom. The summed E-state index contributed by atoms with van der Waals surface area (Å²) in [6, 6.07) is 8.38. The van der Waals surface area contributed by atoms with Gasteiger partial charge in [0, 0.05) is 18.6 Å². The second-order valence-electron chi connectivity index (χ2n) is 4.13. The van der Waals surface area contributed by atoms with Gasteiger partial charge in [0.25, 0.3) is 0 Å². The molecule has 1 N–H and O–H groups in total. The van der Waals surface area contributed by atoms with E-state index in [1.807, 2.05) is 30.3 Å². The second-order valence-corrected chi connectivity index (χ2v) is 4.13. The van der Waals surface area contributed by atoms with Crippen LogP contribution in [0.5, 0.6) is 0 Å². The maximum Gasteiger partial charge on any atom is 0.330 e. The van der Waals surface area contributed by atoms with Crippen LogP contribution in [-0.2, 0) is 30.3 Å². The number of hydrogen-bond acceptors (Lipinski definition) is 5. The highest BCUT2D eigenvalue weighted by Crippen LogP contribution is 2.04. The van der Waals surface area contributed by atoms with Gasteiger partial charge in [-0.3, -0.25) is 4.79 Å². The van der Waals surface area contributed by atoms with Gasteiger partial charge in [-0.15, -0.1) is 0 Å². The van der Waals surface area contributed by atoms with Crippen molar-refractivity contribution < 1.29 is 23.9 Å². The van der Waals surface area contributed by atoms with Gasteiger partial charge < -0.3 is 14.8 Å². The average molecular weight is 291 g/mol. The van der Waals surface area contributed by atoms with E-state index >= 15 is 0 Å². The van der Waals surface area contributed by atoms with Crippen LogP contribution < -0.4 is 5.32 Å². The predicted molar refractivity (Wildman–Crippen MR) is 75.2 cm³/mol. The van der Waals surface area contributed by atoms with Crippen LogP contribution in [0.4, 0.5) is 0 Å². The molecule has 0 aliphatic carbocycles. The van der Waals surface area contributed by atoms with Crippen molar-refractivity contribution in [3.8, 4) is 0 Å². The fraction of sp³-hybridized carbons (Fsp3) is 0.267. The molecular weight excluding hydrogens is 274 g/mol. The van der Waals surface area contributed by atoms with Crippen molar-refractivity contribution >= 4 is 17.8 Å². The number of nitrogens with one attached hydrogen (secondary N) is 1. The van der Waals surface area contributed by atoms with E-state index in [1.54, 1.807) is 0 Å². The number of rotatable bonds is 6. The Balaban J connectivity index is 2.70. The van der Waals surface area contributed by atoms with Crippen molar-refractivity contribution in [1.29, 1.82) is 0 Å². The molecule has 0 bridgehead atoms. The van der Waals surface area contributed by atoms with Crippen LogP contribution in [0.15, 0.2) is 42.5 Å². The van der Waals surface area contributed by atoms with Crippen molar-refractivity contribution in [3.63, 3.8) is 0 Å². The van der Waals surface area contributed by atoms with Gasteiger partial charge in [0.2, 0.25) is 5.91 Å². The Labute approximate surface area is 122 Å². The zero-order chi connectivity index (χ0) is 15.7. The average Bonchev–Trinajstić information content (AvgIpc) is 2.52. The quantitative estimate of drug-likeness (QED) is 0.613. The van der Waals surface area contributed by atoms with E-state index < -0.39 is 23.9 Å². The Morgan fingerprint density at radius 3 is 2.33 bits per heavy atom. The lowest BCUT2D eigenvalue weighted by Gasteiger charge is -2.15. The minimum Gasteiger partial charge on any atom is -0.467 e. The summed E-state index contributed by atoms with van der Waals surface area (Å²) in [5.41, 5.74) is 0.880. The summed E-state index contributed by atoms with van der Waals surface area (Å²) in [7, 11) is 2.45. The lowest BCUT2D eigenvalue weighted by atomic mass is 10.1. The molecule has 0 aromatic heterocycles. The van der Waals surface area contributed by atoms with Crippen LogP contribution in [0.3, 0.4) is 0 Å². The first-order valence-corrected chi connectivity index (χ1v) is 6.25. The molecule has 0 heterocycles. The highest BCUT2D eigenvalue weighted by atomic mass is 16.5. The number of hydrogen-bond donors (Lipinski definition) is 1. The summed E-state index contributed by atoms with van der Waals surface area (Å²) in [6.07, 6.45) is 2.28. The Hall–Kier alpha value is -2.63. The van der Waals surface area contributed by atoms with Crippen LogP contribution in [-0.4, -0.2) is 38.1 Å². The van der Waals surface area contributed by atoms with Crippen LogP contribution in [0.2, 0.25) is 0 Å². The van der Waals surface area contributed by atoms with Crippen molar-refractivity contribution in [3.05, 3.63) is 48.0 Å². The number of benzene rings is 1. The minimum atomic E-state index is -0.827.